The van der Waals surface area contributed by atoms with Crippen LogP contribution in [0.3, 0.4) is 0 Å². The largest absolute Gasteiger partial charge is 0.481 e. The van der Waals surface area contributed by atoms with Gasteiger partial charge in [-0.15, -0.1) is 0 Å². The quantitative estimate of drug-likeness (QED) is 0.283. The number of hydrogen-bond donors (Lipinski definition) is 1. The van der Waals surface area contributed by atoms with Crippen LogP contribution in [-0.2, 0) is 9.59 Å². The van der Waals surface area contributed by atoms with Crippen LogP contribution in [0.15, 0.2) is 82.4 Å². The molecule has 3 aromatic carbocycles. The van der Waals surface area contributed by atoms with Gasteiger partial charge in [-0.25, -0.2) is 5.01 Å². The van der Waals surface area contributed by atoms with Gasteiger partial charge in [-0.05, 0) is 49.2 Å². The number of amides is 1. The molecule has 0 saturated heterocycles. The highest BCUT2D eigenvalue weighted by Crippen LogP contribution is 2.40. The molecular weight excluding hydrogens is 530 g/mol. The minimum absolute atomic E-state index is 0.115. The summed E-state index contributed by atoms with van der Waals surface area (Å²) in [6.07, 6.45) is 0.141. The van der Waals surface area contributed by atoms with Crippen molar-refractivity contribution >= 4 is 44.4 Å². The lowest BCUT2D eigenvalue weighted by atomic mass is 9.89. The van der Waals surface area contributed by atoms with Crippen LogP contribution in [0.2, 0.25) is 0 Å². The molecule has 5 rings (SSSR count). The van der Waals surface area contributed by atoms with Gasteiger partial charge in [0.1, 0.15) is 0 Å². The van der Waals surface area contributed by atoms with Crippen LogP contribution >= 0.6 is 15.9 Å². The molecule has 1 aromatic heterocycles. The zero-order valence-electron chi connectivity index (χ0n) is 20.6. The minimum Gasteiger partial charge on any atom is -0.481 e. The maximum absolute atomic E-state index is 13.2. The molecule has 0 spiro atoms. The SMILES string of the molecule is Cc1ccc2nc(C)c(C3=NN(C(=O)CCC(=O)O)C(c4cccc(Br)c4)C3)c(-c3ccccc3)c2c1. The van der Waals surface area contributed by atoms with Gasteiger partial charge in [0.15, 0.2) is 0 Å². The number of aliphatic carboxylic acids is 1. The lowest BCUT2D eigenvalue weighted by molar-refractivity contribution is -0.141. The number of fused-ring (bicyclic) bond motifs is 1. The zero-order chi connectivity index (χ0) is 26.1. The van der Waals surface area contributed by atoms with Crippen LogP contribution < -0.4 is 0 Å². The molecule has 1 amide bonds. The van der Waals surface area contributed by atoms with Gasteiger partial charge >= 0.3 is 5.97 Å². The van der Waals surface area contributed by atoms with Crippen molar-refractivity contribution in [3.05, 3.63) is 99.7 Å². The molecule has 0 aliphatic carbocycles. The average molecular weight is 556 g/mol. The Morgan fingerprint density at radius 1 is 0.973 bits per heavy atom. The summed E-state index contributed by atoms with van der Waals surface area (Å²) in [6.45, 7) is 4.04. The van der Waals surface area contributed by atoms with Crippen molar-refractivity contribution < 1.29 is 14.7 Å². The molecule has 6 nitrogen and oxygen atoms in total. The third-order valence-electron chi connectivity index (χ3n) is 6.62. The van der Waals surface area contributed by atoms with Gasteiger partial charge in [-0.3, -0.25) is 14.6 Å². The Morgan fingerprint density at radius 2 is 1.76 bits per heavy atom. The van der Waals surface area contributed by atoms with Crippen molar-refractivity contribution in [1.82, 2.24) is 9.99 Å². The van der Waals surface area contributed by atoms with E-state index in [1.165, 1.54) is 5.01 Å². The molecule has 186 valence electrons. The van der Waals surface area contributed by atoms with E-state index >= 15 is 0 Å². The summed E-state index contributed by atoms with van der Waals surface area (Å²) in [4.78, 5) is 29.3. The number of aromatic nitrogens is 1. The van der Waals surface area contributed by atoms with E-state index in [2.05, 4.69) is 47.1 Å². The molecule has 1 unspecified atom stereocenters. The van der Waals surface area contributed by atoms with Crippen LogP contribution in [0, 0.1) is 13.8 Å². The van der Waals surface area contributed by atoms with Gasteiger partial charge in [-0.1, -0.05) is 70.0 Å². The van der Waals surface area contributed by atoms with E-state index in [-0.39, 0.29) is 24.8 Å². The predicted octanol–water partition coefficient (Wildman–Crippen LogP) is 6.82. The van der Waals surface area contributed by atoms with Gasteiger partial charge in [0, 0.05) is 39.5 Å². The molecule has 0 saturated carbocycles. The standard InChI is InChI=1S/C30H26BrN3O3/c1-18-11-12-24-23(15-18)30(20-7-4-3-5-8-20)29(19(2)32-24)25-17-26(21-9-6-10-22(31)16-21)34(33-25)27(35)13-14-28(36)37/h3-12,15-16,26H,13-14,17H2,1-2H3,(H,36,37). The van der Waals surface area contributed by atoms with Gasteiger partial charge in [-0.2, -0.15) is 5.10 Å². The van der Waals surface area contributed by atoms with Crippen LogP contribution in [0.25, 0.3) is 22.0 Å². The number of hydrazone groups is 1. The number of pyridine rings is 1. The predicted molar refractivity (Wildman–Crippen MR) is 148 cm³/mol. The highest BCUT2D eigenvalue weighted by atomic mass is 79.9. The number of aryl methyl sites for hydroxylation is 2. The third kappa shape index (κ3) is 5.04. The minimum atomic E-state index is -1.01. The topological polar surface area (TPSA) is 82.9 Å². The molecule has 0 fully saturated rings. The number of halogens is 1. The summed E-state index contributed by atoms with van der Waals surface area (Å²) in [5.74, 6) is -1.32. The number of carbonyl (C=O) groups excluding carboxylic acids is 1. The van der Waals surface area contributed by atoms with E-state index in [4.69, 9.17) is 15.2 Å². The fraction of sp³-hybridized carbons (Fsp3) is 0.200. The number of rotatable bonds is 6. The zero-order valence-corrected chi connectivity index (χ0v) is 22.2. The van der Waals surface area contributed by atoms with Crippen molar-refractivity contribution in [2.75, 3.05) is 0 Å². The molecule has 7 heteroatoms. The summed E-state index contributed by atoms with van der Waals surface area (Å²) < 4.78 is 0.903. The van der Waals surface area contributed by atoms with E-state index in [0.29, 0.717) is 6.42 Å². The summed E-state index contributed by atoms with van der Waals surface area (Å²) in [6, 6.07) is 23.9. The van der Waals surface area contributed by atoms with Crippen LogP contribution in [0.5, 0.6) is 0 Å². The lowest BCUT2D eigenvalue weighted by Gasteiger charge is -2.22. The number of carboxylic acid groups (broad SMARTS) is 1. The van der Waals surface area contributed by atoms with Gasteiger partial charge in [0.05, 0.1) is 23.7 Å². The van der Waals surface area contributed by atoms with Gasteiger partial charge in [0.2, 0.25) is 5.91 Å². The van der Waals surface area contributed by atoms with Gasteiger partial charge < -0.3 is 5.11 Å². The molecule has 1 aliphatic heterocycles. The normalized spacial score (nSPS) is 15.2. The number of carbonyl (C=O) groups is 2. The molecular formula is C30H26BrN3O3. The molecule has 1 aliphatic rings. The highest BCUT2D eigenvalue weighted by Gasteiger charge is 2.35. The van der Waals surface area contributed by atoms with Crippen molar-refractivity contribution in [1.29, 1.82) is 0 Å². The number of benzene rings is 3. The maximum Gasteiger partial charge on any atom is 0.303 e. The van der Waals surface area contributed by atoms with Crippen molar-refractivity contribution in [3.63, 3.8) is 0 Å². The first-order chi connectivity index (χ1) is 17.8. The molecule has 1 N–H and O–H groups in total. The maximum atomic E-state index is 13.2. The molecule has 0 bridgehead atoms. The fourth-order valence-electron chi connectivity index (χ4n) is 4.95. The molecule has 0 radical (unpaired) electrons. The van der Waals surface area contributed by atoms with E-state index in [9.17, 15) is 9.59 Å². The first kappa shape index (κ1) is 24.8. The fourth-order valence-corrected chi connectivity index (χ4v) is 5.37. The van der Waals surface area contributed by atoms with E-state index < -0.39 is 5.97 Å². The van der Waals surface area contributed by atoms with Crippen molar-refractivity contribution in [3.8, 4) is 11.1 Å². The second-order valence-corrected chi connectivity index (χ2v) is 10.2. The van der Waals surface area contributed by atoms with E-state index in [0.717, 1.165) is 54.6 Å². The Labute approximate surface area is 223 Å². The Hall–Kier alpha value is -3.84. The van der Waals surface area contributed by atoms with Crippen LogP contribution in [0.1, 0.15) is 47.7 Å². The Morgan fingerprint density at radius 3 is 2.49 bits per heavy atom. The third-order valence-corrected chi connectivity index (χ3v) is 7.12. The summed E-state index contributed by atoms with van der Waals surface area (Å²) in [5.41, 5.74) is 7.57. The molecule has 1 atom stereocenters. The Bertz CT molecular complexity index is 1550. The second kappa shape index (κ2) is 10.3. The van der Waals surface area contributed by atoms with E-state index in [1.807, 2.05) is 55.5 Å². The average Bonchev–Trinajstić information content (AvgIpc) is 3.32. The Kier molecular flexibility index (Phi) is 6.89. The molecule has 37 heavy (non-hydrogen) atoms. The smallest absolute Gasteiger partial charge is 0.303 e. The molecule has 2 heterocycles. The first-order valence-electron chi connectivity index (χ1n) is 12.2. The number of carboxylic acids is 1. The van der Waals surface area contributed by atoms with Gasteiger partial charge in [0.25, 0.3) is 0 Å². The monoisotopic (exact) mass is 555 g/mol. The van der Waals surface area contributed by atoms with Crippen molar-refractivity contribution in [2.45, 2.75) is 39.2 Å². The number of nitrogens with zero attached hydrogens (tertiary/aromatic N) is 3. The summed E-state index contributed by atoms with van der Waals surface area (Å²) in [5, 5.41) is 16.5. The van der Waals surface area contributed by atoms with E-state index in [1.54, 1.807) is 0 Å². The second-order valence-electron chi connectivity index (χ2n) is 9.29. The van der Waals surface area contributed by atoms with Crippen LogP contribution in [-0.4, -0.2) is 32.7 Å². The lowest BCUT2D eigenvalue weighted by Crippen LogP contribution is -2.27. The first-order valence-corrected chi connectivity index (χ1v) is 12.9. The molecule has 4 aromatic rings. The summed E-state index contributed by atoms with van der Waals surface area (Å²) >= 11 is 3.54. The Balaban J connectivity index is 1.69. The summed E-state index contributed by atoms with van der Waals surface area (Å²) in [7, 11) is 0. The van der Waals surface area contributed by atoms with Crippen LogP contribution in [0.4, 0.5) is 0 Å². The number of hydrogen-bond acceptors (Lipinski definition) is 4. The van der Waals surface area contributed by atoms with Crippen molar-refractivity contribution in [2.24, 2.45) is 5.10 Å². The highest BCUT2D eigenvalue weighted by molar-refractivity contribution is 9.10.